The van der Waals surface area contributed by atoms with Crippen LogP contribution in [0.15, 0.2) is 97.3 Å². The number of anilines is 1. The van der Waals surface area contributed by atoms with Crippen LogP contribution in [0.2, 0.25) is 10.0 Å². The van der Waals surface area contributed by atoms with E-state index in [4.69, 9.17) is 27.9 Å². The van der Waals surface area contributed by atoms with Gasteiger partial charge in [-0.1, -0.05) is 53.5 Å². The zero-order valence-electron chi connectivity index (χ0n) is 25.9. The van der Waals surface area contributed by atoms with Gasteiger partial charge < -0.3 is 15.0 Å². The maximum atomic E-state index is 13.0. The van der Waals surface area contributed by atoms with E-state index in [0.717, 1.165) is 11.1 Å². The molecule has 0 aliphatic heterocycles. The van der Waals surface area contributed by atoms with Gasteiger partial charge in [-0.3, -0.25) is 29.5 Å². The van der Waals surface area contributed by atoms with Gasteiger partial charge in [-0.2, -0.15) is 0 Å². The molecule has 5 rings (SSSR count). The number of nitrogens with zero attached hydrogens (tertiary/aromatic N) is 3. The number of imide groups is 1. The van der Waals surface area contributed by atoms with Crippen LogP contribution < -0.4 is 20.3 Å². The topological polar surface area (TPSA) is 131 Å². The molecule has 0 spiro atoms. The van der Waals surface area contributed by atoms with Gasteiger partial charge in [0.15, 0.2) is 0 Å². The molecular weight excluding hydrogens is 653 g/mol. The van der Waals surface area contributed by atoms with E-state index in [1.54, 1.807) is 43.4 Å². The van der Waals surface area contributed by atoms with E-state index in [2.05, 4.69) is 20.6 Å². The van der Waals surface area contributed by atoms with Crippen LogP contribution in [0.5, 0.6) is 5.75 Å². The molecule has 0 saturated heterocycles. The number of amides is 4. The standard InChI is InChI=1S/C36H29Cl2N5O5/c1-22-8-12-24-5-3-7-30(34(24)41-22)48-21-27-28(37)15-16-29(33(27)38)43(2)32(45)20-40-31(44)17-11-23-9-13-25(14-10-23)35(46)42-36(47)26-6-4-18-39-19-26/h3-19H,20-21H2,1-2H3,(H,40,44)(H,42,46,47). The summed E-state index contributed by atoms with van der Waals surface area (Å²) in [5.74, 6) is -1.49. The number of carbonyl (C=O) groups is 4. The number of carbonyl (C=O) groups excluding carboxylic acids is 4. The lowest BCUT2D eigenvalue weighted by atomic mass is 10.1. The first-order chi connectivity index (χ1) is 23.1. The molecule has 2 aromatic heterocycles. The summed E-state index contributed by atoms with van der Waals surface area (Å²) in [7, 11) is 1.55. The first-order valence-electron chi connectivity index (χ1n) is 14.6. The lowest BCUT2D eigenvalue weighted by Crippen LogP contribution is -2.37. The van der Waals surface area contributed by atoms with Crippen molar-refractivity contribution in [2.24, 2.45) is 0 Å². The van der Waals surface area contributed by atoms with Crippen LogP contribution in [0.4, 0.5) is 5.69 Å². The number of pyridine rings is 2. The zero-order chi connectivity index (χ0) is 34.2. The van der Waals surface area contributed by atoms with Gasteiger partial charge in [0.2, 0.25) is 11.8 Å². The second-order valence-corrected chi connectivity index (χ2v) is 11.4. The van der Waals surface area contributed by atoms with Crippen LogP contribution in [0.1, 0.15) is 37.5 Å². The largest absolute Gasteiger partial charge is 0.487 e. The monoisotopic (exact) mass is 681 g/mol. The van der Waals surface area contributed by atoms with Gasteiger partial charge in [0, 0.05) is 52.7 Å². The van der Waals surface area contributed by atoms with Crippen molar-refractivity contribution in [3.05, 3.63) is 135 Å². The first kappa shape index (κ1) is 33.8. The molecule has 5 aromatic rings. The number of halogens is 2. The van der Waals surface area contributed by atoms with E-state index in [0.29, 0.717) is 33.1 Å². The SMILES string of the molecule is Cc1ccc2cccc(OCc3c(Cl)ccc(N(C)C(=O)CNC(=O)C=Cc4ccc(C(=O)NC(=O)c5cccnc5)cc4)c3Cl)c2n1. The minimum Gasteiger partial charge on any atom is -0.487 e. The highest BCUT2D eigenvalue weighted by molar-refractivity contribution is 6.38. The zero-order valence-corrected chi connectivity index (χ0v) is 27.4. The van der Waals surface area contributed by atoms with E-state index in [1.165, 1.54) is 41.6 Å². The van der Waals surface area contributed by atoms with Crippen LogP contribution in [0, 0.1) is 6.92 Å². The number of hydrogen-bond donors (Lipinski definition) is 2. The molecule has 0 radical (unpaired) electrons. The van der Waals surface area contributed by atoms with Crippen molar-refractivity contribution in [1.29, 1.82) is 0 Å². The van der Waals surface area contributed by atoms with Crippen LogP contribution in [0.3, 0.4) is 0 Å². The predicted molar refractivity (Wildman–Crippen MR) is 185 cm³/mol. The fraction of sp³-hybridized carbons (Fsp3) is 0.111. The predicted octanol–water partition coefficient (Wildman–Crippen LogP) is 6.19. The normalized spacial score (nSPS) is 10.9. The third-order valence-electron chi connectivity index (χ3n) is 7.26. The molecule has 2 N–H and O–H groups in total. The Kier molecular flexibility index (Phi) is 10.8. The molecule has 0 bridgehead atoms. The van der Waals surface area contributed by atoms with Crippen molar-refractivity contribution in [2.45, 2.75) is 13.5 Å². The highest BCUT2D eigenvalue weighted by Crippen LogP contribution is 2.35. The molecule has 3 aromatic carbocycles. The molecule has 4 amide bonds. The van der Waals surface area contributed by atoms with Crippen LogP contribution in [0.25, 0.3) is 17.0 Å². The summed E-state index contributed by atoms with van der Waals surface area (Å²) >= 11 is 13.2. The smallest absolute Gasteiger partial charge is 0.259 e. The van der Waals surface area contributed by atoms with E-state index in [1.807, 2.05) is 37.3 Å². The number of rotatable bonds is 10. The van der Waals surface area contributed by atoms with E-state index in [9.17, 15) is 19.2 Å². The number of para-hydroxylation sites is 1. The van der Waals surface area contributed by atoms with Gasteiger partial charge in [0.05, 0.1) is 22.8 Å². The van der Waals surface area contributed by atoms with E-state index < -0.39 is 23.6 Å². The van der Waals surface area contributed by atoms with Crippen LogP contribution >= 0.6 is 23.2 Å². The van der Waals surface area contributed by atoms with Crippen molar-refractivity contribution in [3.63, 3.8) is 0 Å². The Morgan fingerprint density at radius 2 is 1.67 bits per heavy atom. The number of nitrogens with one attached hydrogen (secondary N) is 2. The molecule has 48 heavy (non-hydrogen) atoms. The fourth-order valence-electron chi connectivity index (χ4n) is 4.60. The number of aryl methyl sites for hydroxylation is 1. The maximum absolute atomic E-state index is 13.0. The van der Waals surface area contributed by atoms with E-state index in [-0.39, 0.29) is 29.3 Å². The van der Waals surface area contributed by atoms with Crippen LogP contribution in [-0.2, 0) is 16.2 Å². The number of benzene rings is 3. The van der Waals surface area contributed by atoms with Crippen LogP contribution in [-0.4, -0.2) is 47.2 Å². The summed E-state index contributed by atoms with van der Waals surface area (Å²) in [6, 6.07) is 22.2. The Bertz CT molecular complexity index is 2040. The molecule has 0 atom stereocenters. The minimum atomic E-state index is -0.572. The summed E-state index contributed by atoms with van der Waals surface area (Å²) in [5, 5.41) is 6.41. The molecule has 2 heterocycles. The molecule has 12 heteroatoms. The summed E-state index contributed by atoms with van der Waals surface area (Å²) in [5.41, 5.74) is 3.61. The van der Waals surface area contributed by atoms with Gasteiger partial charge in [-0.15, -0.1) is 0 Å². The summed E-state index contributed by atoms with van der Waals surface area (Å²) < 4.78 is 6.07. The van der Waals surface area contributed by atoms with E-state index >= 15 is 0 Å². The molecular formula is C36H29Cl2N5O5. The Balaban J connectivity index is 1.15. The average molecular weight is 683 g/mol. The second kappa shape index (κ2) is 15.3. The second-order valence-electron chi connectivity index (χ2n) is 10.6. The van der Waals surface area contributed by atoms with Gasteiger partial charge in [-0.25, -0.2) is 4.98 Å². The first-order valence-corrected chi connectivity index (χ1v) is 15.4. The van der Waals surface area contributed by atoms with Crippen molar-refractivity contribution in [3.8, 4) is 5.75 Å². The van der Waals surface area contributed by atoms with Gasteiger partial charge in [-0.05, 0) is 67.1 Å². The summed E-state index contributed by atoms with van der Waals surface area (Å²) in [6.07, 6.45) is 5.68. The molecule has 0 fully saturated rings. The molecule has 242 valence electrons. The fourth-order valence-corrected chi connectivity index (χ4v) is 5.20. The molecule has 0 aliphatic carbocycles. The minimum absolute atomic E-state index is 0.0407. The highest BCUT2D eigenvalue weighted by Gasteiger charge is 2.19. The molecule has 0 unspecified atom stereocenters. The Morgan fingerprint density at radius 3 is 2.42 bits per heavy atom. The summed E-state index contributed by atoms with van der Waals surface area (Å²) in [6.45, 7) is 1.65. The van der Waals surface area contributed by atoms with Gasteiger partial charge >= 0.3 is 0 Å². The summed E-state index contributed by atoms with van der Waals surface area (Å²) in [4.78, 5) is 59.9. The molecule has 10 nitrogen and oxygen atoms in total. The molecule has 0 aliphatic rings. The third kappa shape index (κ3) is 8.22. The average Bonchev–Trinajstić information content (AvgIpc) is 3.10. The van der Waals surface area contributed by atoms with Crippen molar-refractivity contribution in [1.82, 2.24) is 20.6 Å². The number of ether oxygens (including phenoxy) is 1. The lowest BCUT2D eigenvalue weighted by molar-refractivity contribution is -0.122. The maximum Gasteiger partial charge on any atom is 0.259 e. The lowest BCUT2D eigenvalue weighted by Gasteiger charge is -2.21. The molecule has 0 saturated carbocycles. The van der Waals surface area contributed by atoms with Crippen molar-refractivity contribution in [2.75, 3.05) is 18.5 Å². The number of hydrogen-bond acceptors (Lipinski definition) is 7. The van der Waals surface area contributed by atoms with Crippen molar-refractivity contribution >= 4 is 69.5 Å². The number of likely N-dealkylation sites (N-methyl/N-ethyl adjacent to an activating group) is 1. The highest BCUT2D eigenvalue weighted by atomic mass is 35.5. The number of fused-ring (bicyclic) bond motifs is 1. The Morgan fingerprint density at radius 1 is 0.896 bits per heavy atom. The third-order valence-corrected chi connectivity index (χ3v) is 8.04. The van der Waals surface area contributed by atoms with Gasteiger partial charge in [0.25, 0.3) is 11.8 Å². The number of aromatic nitrogens is 2. The quantitative estimate of drug-likeness (QED) is 0.133. The Hall–Kier alpha value is -5.58. The van der Waals surface area contributed by atoms with Gasteiger partial charge in [0.1, 0.15) is 17.9 Å². The van der Waals surface area contributed by atoms with Crippen molar-refractivity contribution < 1.29 is 23.9 Å². The Labute approximate surface area is 286 Å².